The second-order valence-corrected chi connectivity index (χ2v) is 7.43. The van der Waals surface area contributed by atoms with Gasteiger partial charge in [-0.25, -0.2) is 4.68 Å². The van der Waals surface area contributed by atoms with Crippen LogP contribution in [-0.2, 0) is 13.1 Å². The molecule has 1 atom stereocenters. The zero-order chi connectivity index (χ0) is 17.4. The molecule has 0 bridgehead atoms. The van der Waals surface area contributed by atoms with Crippen LogP contribution in [0.4, 0.5) is 0 Å². The number of rotatable bonds is 4. The van der Waals surface area contributed by atoms with Gasteiger partial charge in [0.1, 0.15) is 5.75 Å². The summed E-state index contributed by atoms with van der Waals surface area (Å²) in [4.78, 5) is 4.27. The molecular formula is C18H19N3O2S2. The van der Waals surface area contributed by atoms with Crippen LogP contribution in [0.1, 0.15) is 23.4 Å². The quantitative estimate of drug-likeness (QED) is 0.629. The van der Waals surface area contributed by atoms with Gasteiger partial charge in [0.25, 0.3) is 4.84 Å². The summed E-state index contributed by atoms with van der Waals surface area (Å²) in [6.07, 6.45) is 1.08. The van der Waals surface area contributed by atoms with E-state index >= 15 is 0 Å². The third-order valence-corrected chi connectivity index (χ3v) is 5.95. The molecule has 0 amide bonds. The molecular weight excluding hydrogens is 354 g/mol. The second-order valence-electron chi connectivity index (χ2n) is 6.08. The van der Waals surface area contributed by atoms with Crippen LogP contribution in [0.3, 0.4) is 0 Å². The molecule has 1 aromatic carbocycles. The maximum atomic E-state index is 5.71. The molecule has 3 heterocycles. The molecule has 1 aliphatic rings. The van der Waals surface area contributed by atoms with Crippen molar-refractivity contribution in [2.45, 2.75) is 26.1 Å². The van der Waals surface area contributed by atoms with Crippen LogP contribution in [0.15, 0.2) is 40.1 Å². The van der Waals surface area contributed by atoms with Crippen LogP contribution in [0.25, 0.3) is 11.5 Å². The van der Waals surface area contributed by atoms with E-state index in [9.17, 15) is 0 Å². The first-order chi connectivity index (χ1) is 12.2. The highest BCUT2D eigenvalue weighted by Gasteiger charge is 2.25. The van der Waals surface area contributed by atoms with E-state index in [2.05, 4.69) is 28.4 Å². The summed E-state index contributed by atoms with van der Waals surface area (Å²) in [7, 11) is 1.65. The molecule has 3 aromatic rings. The standard InChI is InChI=1S/C18H19N3O2S2/c1-12-15-8-10-25-16(15)7-9-20(12)11-21-18(24)23-17(19-21)13-3-5-14(22-2)6-4-13/h3-6,8,10,12H,7,9,11H2,1-2H3/t12-/m1/s1. The number of ether oxygens (including phenoxy) is 1. The van der Waals surface area contributed by atoms with Gasteiger partial charge in [-0.05, 0) is 66.8 Å². The summed E-state index contributed by atoms with van der Waals surface area (Å²) in [5, 5.41) is 6.75. The van der Waals surface area contributed by atoms with Gasteiger partial charge in [0.2, 0.25) is 5.89 Å². The molecule has 25 heavy (non-hydrogen) atoms. The molecule has 0 fully saturated rings. The number of fused-ring (bicyclic) bond motifs is 1. The van der Waals surface area contributed by atoms with Crippen molar-refractivity contribution in [2.75, 3.05) is 13.7 Å². The number of aromatic nitrogens is 2. The zero-order valence-corrected chi connectivity index (χ0v) is 15.8. The Balaban J connectivity index is 1.56. The van der Waals surface area contributed by atoms with E-state index in [1.54, 1.807) is 11.8 Å². The van der Waals surface area contributed by atoms with E-state index in [4.69, 9.17) is 21.4 Å². The van der Waals surface area contributed by atoms with Crippen molar-refractivity contribution in [1.29, 1.82) is 0 Å². The average molecular weight is 374 g/mol. The predicted octanol–water partition coefficient (Wildman–Crippen LogP) is 4.52. The van der Waals surface area contributed by atoms with Gasteiger partial charge >= 0.3 is 0 Å². The van der Waals surface area contributed by atoms with Gasteiger partial charge in [-0.15, -0.1) is 16.4 Å². The Hall–Kier alpha value is -1.96. The first-order valence-corrected chi connectivity index (χ1v) is 9.47. The van der Waals surface area contributed by atoms with E-state index < -0.39 is 0 Å². The van der Waals surface area contributed by atoms with E-state index in [-0.39, 0.29) is 0 Å². The fourth-order valence-electron chi connectivity index (χ4n) is 3.17. The van der Waals surface area contributed by atoms with Crippen molar-refractivity contribution in [3.63, 3.8) is 0 Å². The fourth-order valence-corrected chi connectivity index (χ4v) is 4.31. The fraction of sp³-hybridized carbons (Fsp3) is 0.333. The molecule has 0 saturated heterocycles. The van der Waals surface area contributed by atoms with E-state index in [1.807, 2.05) is 35.6 Å². The number of hydrogen-bond donors (Lipinski definition) is 0. The van der Waals surface area contributed by atoms with Crippen LogP contribution in [0.2, 0.25) is 0 Å². The third-order valence-electron chi connectivity index (χ3n) is 4.66. The van der Waals surface area contributed by atoms with Crippen LogP contribution >= 0.6 is 23.6 Å². The lowest BCUT2D eigenvalue weighted by molar-refractivity contribution is 0.142. The zero-order valence-electron chi connectivity index (χ0n) is 14.1. The summed E-state index contributed by atoms with van der Waals surface area (Å²) in [6.45, 7) is 3.87. The Kier molecular flexibility index (Phi) is 4.45. The summed E-state index contributed by atoms with van der Waals surface area (Å²) in [5.41, 5.74) is 2.30. The lowest BCUT2D eigenvalue weighted by atomic mass is 10.0. The van der Waals surface area contributed by atoms with Gasteiger partial charge in [0.15, 0.2) is 0 Å². The van der Waals surface area contributed by atoms with Crippen molar-refractivity contribution in [2.24, 2.45) is 0 Å². The van der Waals surface area contributed by atoms with Crippen LogP contribution in [0.5, 0.6) is 5.75 Å². The maximum Gasteiger partial charge on any atom is 0.288 e. The van der Waals surface area contributed by atoms with E-state index in [1.165, 1.54) is 10.4 Å². The molecule has 4 rings (SSSR count). The van der Waals surface area contributed by atoms with Gasteiger partial charge in [0, 0.05) is 23.0 Å². The molecule has 0 aliphatic carbocycles. The van der Waals surface area contributed by atoms with Gasteiger partial charge in [-0.2, -0.15) is 0 Å². The topological polar surface area (TPSA) is 43.4 Å². The lowest BCUT2D eigenvalue weighted by Crippen LogP contribution is -2.35. The van der Waals surface area contributed by atoms with Crippen LogP contribution < -0.4 is 4.74 Å². The Labute approximate surface area is 155 Å². The van der Waals surface area contributed by atoms with Gasteiger partial charge in [-0.3, -0.25) is 4.90 Å². The first-order valence-electron chi connectivity index (χ1n) is 8.18. The van der Waals surface area contributed by atoms with Crippen molar-refractivity contribution in [3.05, 3.63) is 51.0 Å². The number of hydrogen-bond acceptors (Lipinski definition) is 6. The minimum atomic E-state index is 0.359. The third kappa shape index (κ3) is 3.15. The predicted molar refractivity (Wildman–Crippen MR) is 100 cm³/mol. The van der Waals surface area contributed by atoms with Crippen molar-refractivity contribution < 1.29 is 9.15 Å². The van der Waals surface area contributed by atoms with E-state index in [0.717, 1.165) is 24.3 Å². The van der Waals surface area contributed by atoms with Crippen LogP contribution in [0, 0.1) is 4.84 Å². The maximum absolute atomic E-state index is 5.71. The molecule has 0 spiro atoms. The Morgan fingerprint density at radius 1 is 1.32 bits per heavy atom. The molecule has 130 valence electrons. The molecule has 1 aliphatic heterocycles. The summed E-state index contributed by atoms with van der Waals surface area (Å²) in [6, 6.07) is 10.2. The highest BCUT2D eigenvalue weighted by atomic mass is 32.1. The largest absolute Gasteiger partial charge is 0.497 e. The van der Waals surface area contributed by atoms with Gasteiger partial charge < -0.3 is 9.15 Å². The Morgan fingerprint density at radius 2 is 2.12 bits per heavy atom. The smallest absolute Gasteiger partial charge is 0.288 e. The number of benzene rings is 1. The second kappa shape index (κ2) is 6.74. The average Bonchev–Trinajstić information content (AvgIpc) is 3.25. The number of thiophene rings is 1. The minimum Gasteiger partial charge on any atom is -0.497 e. The number of methoxy groups -OCH3 is 1. The minimum absolute atomic E-state index is 0.359. The summed E-state index contributed by atoms with van der Waals surface area (Å²) >= 11 is 7.22. The summed E-state index contributed by atoms with van der Waals surface area (Å²) in [5.74, 6) is 1.34. The van der Waals surface area contributed by atoms with Crippen molar-refractivity contribution >= 4 is 23.6 Å². The van der Waals surface area contributed by atoms with E-state index in [0.29, 0.717) is 23.4 Å². The van der Waals surface area contributed by atoms with Gasteiger partial charge in [0.05, 0.1) is 13.8 Å². The molecule has 0 saturated carbocycles. The van der Waals surface area contributed by atoms with Crippen molar-refractivity contribution in [1.82, 2.24) is 14.7 Å². The lowest BCUT2D eigenvalue weighted by Gasteiger charge is -2.32. The molecule has 2 aromatic heterocycles. The normalized spacial score (nSPS) is 17.4. The number of nitrogens with zero attached hydrogens (tertiary/aromatic N) is 3. The molecule has 0 N–H and O–H groups in total. The summed E-state index contributed by atoms with van der Waals surface area (Å²) < 4.78 is 12.7. The highest BCUT2D eigenvalue weighted by molar-refractivity contribution is 7.71. The SMILES string of the molecule is COc1ccc(-c2nn(CN3CCc4sccc4[C@H]3C)c(=S)o2)cc1. The molecule has 0 radical (unpaired) electrons. The highest BCUT2D eigenvalue weighted by Crippen LogP contribution is 2.33. The molecule has 7 heteroatoms. The molecule has 5 nitrogen and oxygen atoms in total. The van der Waals surface area contributed by atoms with Gasteiger partial charge in [-0.1, -0.05) is 0 Å². The monoisotopic (exact) mass is 373 g/mol. The first kappa shape index (κ1) is 16.5. The van der Waals surface area contributed by atoms with Crippen LogP contribution in [-0.4, -0.2) is 28.3 Å². The Morgan fingerprint density at radius 3 is 2.88 bits per heavy atom. The van der Waals surface area contributed by atoms with Crippen molar-refractivity contribution in [3.8, 4) is 17.2 Å². The Bertz CT molecular complexity index is 926. The molecule has 0 unspecified atom stereocenters.